The minimum absolute atomic E-state index is 0.419. The topological polar surface area (TPSA) is 40.5 Å². The van der Waals surface area contributed by atoms with Gasteiger partial charge in [0.25, 0.3) is 0 Å². The van der Waals surface area contributed by atoms with Crippen molar-refractivity contribution in [1.82, 2.24) is 0 Å². The van der Waals surface area contributed by atoms with Crippen molar-refractivity contribution in [2.45, 2.75) is 105 Å². The smallest absolute Gasteiger partial charge is 0.0811 e. The summed E-state index contributed by atoms with van der Waals surface area (Å²) >= 11 is 0. The maximum Gasteiger partial charge on any atom is 0.0811 e. The Bertz CT molecular complexity index is 672. The molecule has 3 rings (SSSR count). The molecule has 0 aromatic heterocycles. The molecule has 170 valence electrons. The third kappa shape index (κ3) is 4.96. The first-order valence-corrected chi connectivity index (χ1v) is 12.6. The molecule has 30 heavy (non-hydrogen) atoms. The number of rotatable bonds is 6. The van der Waals surface area contributed by atoms with Crippen LogP contribution in [0.2, 0.25) is 0 Å². The molecule has 3 aliphatic rings. The second kappa shape index (κ2) is 9.74. The van der Waals surface area contributed by atoms with Gasteiger partial charge in [0.2, 0.25) is 0 Å². The predicted molar refractivity (Wildman–Crippen MR) is 127 cm³/mol. The zero-order chi connectivity index (χ0) is 22.1. The van der Waals surface area contributed by atoms with E-state index in [0.29, 0.717) is 24.2 Å². The Morgan fingerprint density at radius 1 is 1.10 bits per heavy atom. The van der Waals surface area contributed by atoms with Crippen LogP contribution in [-0.2, 0) is 0 Å². The zero-order valence-corrected chi connectivity index (χ0v) is 20.2. The summed E-state index contributed by atoms with van der Waals surface area (Å²) in [6.45, 7) is 16.3. The summed E-state index contributed by atoms with van der Waals surface area (Å²) in [6.07, 6.45) is 13.8. The number of hydrogen-bond donors (Lipinski definition) is 2. The molecule has 0 aliphatic heterocycles. The Labute approximate surface area is 185 Å². The van der Waals surface area contributed by atoms with Crippen LogP contribution in [0.25, 0.3) is 0 Å². The van der Waals surface area contributed by atoms with Gasteiger partial charge in [0.05, 0.1) is 12.2 Å². The lowest BCUT2D eigenvalue weighted by molar-refractivity contribution is 0.0861. The van der Waals surface area contributed by atoms with Crippen molar-refractivity contribution in [3.63, 3.8) is 0 Å². The van der Waals surface area contributed by atoms with Gasteiger partial charge < -0.3 is 10.2 Å². The maximum absolute atomic E-state index is 10.1. The molecule has 2 nitrogen and oxygen atoms in total. The fraction of sp³-hybridized carbons (Fsp3) is 0.786. The highest BCUT2D eigenvalue weighted by Gasteiger charge is 2.50. The number of aliphatic hydroxyl groups excluding tert-OH is 2. The van der Waals surface area contributed by atoms with Crippen LogP contribution < -0.4 is 0 Å². The van der Waals surface area contributed by atoms with Crippen LogP contribution in [0.4, 0.5) is 0 Å². The molecule has 7 atom stereocenters. The van der Waals surface area contributed by atoms with Gasteiger partial charge in [-0.05, 0) is 84.7 Å². The first-order chi connectivity index (χ1) is 14.1. The lowest BCUT2D eigenvalue weighted by Gasteiger charge is -2.44. The third-order valence-electron chi connectivity index (χ3n) is 9.20. The summed E-state index contributed by atoms with van der Waals surface area (Å²) in [4.78, 5) is 0. The molecular weight excluding hydrogens is 368 g/mol. The first kappa shape index (κ1) is 23.8. The number of allylic oxidation sites excluding steroid dienone is 3. The molecule has 0 unspecified atom stereocenters. The summed E-state index contributed by atoms with van der Waals surface area (Å²) in [7, 11) is 0. The molecule has 3 aliphatic carbocycles. The highest BCUT2D eigenvalue weighted by Crippen LogP contribution is 2.60. The molecule has 0 amide bonds. The number of hydrogen-bond acceptors (Lipinski definition) is 2. The van der Waals surface area contributed by atoms with Crippen molar-refractivity contribution in [2.24, 2.45) is 35.0 Å². The van der Waals surface area contributed by atoms with E-state index in [1.54, 1.807) is 5.57 Å². The third-order valence-corrected chi connectivity index (χ3v) is 9.20. The largest absolute Gasteiger partial charge is 0.393 e. The molecule has 0 spiro atoms. The highest BCUT2D eigenvalue weighted by atomic mass is 16.3. The Morgan fingerprint density at radius 3 is 2.53 bits per heavy atom. The Hall–Kier alpha value is -0.860. The van der Waals surface area contributed by atoms with Crippen LogP contribution in [0.1, 0.15) is 92.4 Å². The standard InChI is InChI=1S/C28H46O2/c1-18(2)19(3)9-10-20(4)25-13-14-26-22(8-7-15-28(25,26)6)11-12-23-16-24(29)17-27(30)21(23)5/h11-12,18-20,24-27,29-30H,5,7-10,13-17H2,1-4,6H3/b22-11+,23-12-/t19-,20-,24+,25-,26+,27-,28-/m1/s1. The average molecular weight is 415 g/mol. The van der Waals surface area contributed by atoms with Crippen molar-refractivity contribution >= 4 is 0 Å². The first-order valence-electron chi connectivity index (χ1n) is 12.6. The van der Waals surface area contributed by atoms with E-state index in [1.165, 1.54) is 44.9 Å². The van der Waals surface area contributed by atoms with Crippen molar-refractivity contribution in [1.29, 1.82) is 0 Å². The molecule has 0 bridgehead atoms. The molecule has 3 saturated carbocycles. The summed E-state index contributed by atoms with van der Waals surface area (Å²) in [5.41, 5.74) is 3.87. The molecule has 0 aromatic carbocycles. The van der Waals surface area contributed by atoms with E-state index in [0.717, 1.165) is 34.8 Å². The Balaban J connectivity index is 1.72. The fourth-order valence-electron chi connectivity index (χ4n) is 6.74. The van der Waals surface area contributed by atoms with Crippen molar-refractivity contribution < 1.29 is 10.2 Å². The van der Waals surface area contributed by atoms with E-state index < -0.39 is 12.2 Å². The van der Waals surface area contributed by atoms with Crippen molar-refractivity contribution in [3.8, 4) is 0 Å². The molecule has 0 heterocycles. The Morgan fingerprint density at radius 2 is 1.83 bits per heavy atom. The van der Waals surface area contributed by atoms with Crippen LogP contribution in [0, 0.1) is 35.0 Å². The second-order valence-corrected chi connectivity index (χ2v) is 11.4. The minimum Gasteiger partial charge on any atom is -0.393 e. The molecule has 0 saturated heterocycles. The van der Waals surface area contributed by atoms with Gasteiger partial charge in [0.15, 0.2) is 0 Å². The maximum atomic E-state index is 10.1. The zero-order valence-electron chi connectivity index (χ0n) is 20.2. The molecule has 2 N–H and O–H groups in total. The monoisotopic (exact) mass is 414 g/mol. The lowest BCUT2D eigenvalue weighted by atomic mass is 9.60. The van der Waals surface area contributed by atoms with Gasteiger partial charge in [-0.2, -0.15) is 0 Å². The molecule has 2 heteroatoms. The summed E-state index contributed by atoms with van der Waals surface area (Å²) in [6, 6.07) is 0. The van der Waals surface area contributed by atoms with Gasteiger partial charge in [-0.1, -0.05) is 71.8 Å². The van der Waals surface area contributed by atoms with E-state index in [9.17, 15) is 10.2 Å². The summed E-state index contributed by atoms with van der Waals surface area (Å²) in [5.74, 6) is 3.95. The van der Waals surface area contributed by atoms with Crippen LogP contribution in [0.15, 0.2) is 35.5 Å². The van der Waals surface area contributed by atoms with Gasteiger partial charge >= 0.3 is 0 Å². The summed E-state index contributed by atoms with van der Waals surface area (Å²) < 4.78 is 0. The molecule has 3 fully saturated rings. The van der Waals surface area contributed by atoms with E-state index in [2.05, 4.69) is 53.3 Å². The number of fused-ring (bicyclic) bond motifs is 1. The molecule has 0 aromatic rings. The molecular formula is C28H46O2. The second-order valence-electron chi connectivity index (χ2n) is 11.4. The van der Waals surface area contributed by atoms with Crippen LogP contribution in [0.5, 0.6) is 0 Å². The fourth-order valence-corrected chi connectivity index (χ4v) is 6.74. The van der Waals surface area contributed by atoms with Gasteiger partial charge in [0.1, 0.15) is 0 Å². The van der Waals surface area contributed by atoms with Crippen molar-refractivity contribution in [3.05, 3.63) is 35.5 Å². The average Bonchev–Trinajstić information content (AvgIpc) is 3.04. The molecule has 0 radical (unpaired) electrons. The van der Waals surface area contributed by atoms with Crippen LogP contribution >= 0.6 is 0 Å². The number of aliphatic hydroxyl groups is 2. The van der Waals surface area contributed by atoms with Gasteiger partial charge in [-0.15, -0.1) is 0 Å². The Kier molecular flexibility index (Phi) is 7.72. The van der Waals surface area contributed by atoms with E-state index in [-0.39, 0.29) is 0 Å². The summed E-state index contributed by atoms with van der Waals surface area (Å²) in [5, 5.41) is 20.2. The quantitative estimate of drug-likeness (QED) is 0.500. The van der Waals surface area contributed by atoms with E-state index >= 15 is 0 Å². The van der Waals surface area contributed by atoms with E-state index in [4.69, 9.17) is 0 Å². The normalized spacial score (nSPS) is 39.5. The van der Waals surface area contributed by atoms with Gasteiger partial charge in [0, 0.05) is 6.42 Å². The van der Waals surface area contributed by atoms with Crippen LogP contribution in [-0.4, -0.2) is 22.4 Å². The van der Waals surface area contributed by atoms with Crippen molar-refractivity contribution in [2.75, 3.05) is 0 Å². The minimum atomic E-state index is -0.597. The SMILES string of the molecule is C=C1/C(=C\C=C2/CCC[C@]3(C)[C@@H]([C@H](C)CC[C@@H](C)C(C)C)CC[C@@H]23)C[C@H](O)C[C@H]1O. The highest BCUT2D eigenvalue weighted by molar-refractivity contribution is 5.38. The van der Waals surface area contributed by atoms with E-state index in [1.807, 2.05) is 0 Å². The predicted octanol–water partition coefficient (Wildman–Crippen LogP) is 6.84. The van der Waals surface area contributed by atoms with Crippen LogP contribution in [0.3, 0.4) is 0 Å². The lowest BCUT2D eigenvalue weighted by Crippen LogP contribution is -2.36. The van der Waals surface area contributed by atoms with Gasteiger partial charge in [-0.25, -0.2) is 0 Å². The van der Waals surface area contributed by atoms with Gasteiger partial charge in [-0.3, -0.25) is 0 Å².